The molecule has 0 aromatic carbocycles. The number of hydrogen-bond donors (Lipinski definition) is 0. The molecule has 0 spiro atoms. The van der Waals surface area contributed by atoms with E-state index < -0.39 is 0 Å². The number of Topliss-reactive ketones (excluding diaryl/α,β-unsaturated/α-hetero) is 1. The van der Waals surface area contributed by atoms with Crippen LogP contribution in [0.25, 0.3) is 0 Å². The second-order valence-corrected chi connectivity index (χ2v) is 4.86. The van der Waals surface area contributed by atoms with Gasteiger partial charge in [-0.15, -0.1) is 0 Å². The zero-order chi connectivity index (χ0) is 10.6. The predicted octanol–water partition coefficient (Wildman–Crippen LogP) is 2.09. The summed E-state index contributed by atoms with van der Waals surface area (Å²) in [5.41, 5.74) is 0. The van der Waals surface area contributed by atoms with Gasteiger partial charge in [-0.1, -0.05) is 13.3 Å². The van der Waals surface area contributed by atoms with E-state index in [9.17, 15) is 4.79 Å². The van der Waals surface area contributed by atoms with E-state index in [1.165, 1.54) is 0 Å². The molecule has 0 aromatic rings. The molecule has 0 aromatic heterocycles. The van der Waals surface area contributed by atoms with E-state index in [2.05, 4.69) is 35.0 Å². The van der Waals surface area contributed by atoms with Crippen molar-refractivity contribution in [3.05, 3.63) is 0 Å². The van der Waals surface area contributed by atoms with Crippen LogP contribution in [0.3, 0.4) is 0 Å². The van der Waals surface area contributed by atoms with E-state index in [0.717, 1.165) is 17.3 Å². The van der Waals surface area contributed by atoms with Crippen molar-refractivity contribution in [2.75, 3.05) is 21.1 Å². The molecule has 2 heteroatoms. The molecule has 0 bridgehead atoms. The van der Waals surface area contributed by atoms with Gasteiger partial charge in [-0.25, -0.2) is 0 Å². The summed E-state index contributed by atoms with van der Waals surface area (Å²) >= 11 is 0. The SMILES string of the molecule is CCCC(C(C)=O)C(C)[N+](C)(C)C. The maximum atomic E-state index is 11.4. The largest absolute Gasteiger partial charge is 0.328 e. The first-order chi connectivity index (χ1) is 5.80. The van der Waals surface area contributed by atoms with Crippen molar-refractivity contribution in [2.45, 2.75) is 39.7 Å². The van der Waals surface area contributed by atoms with Crippen LogP contribution in [0.5, 0.6) is 0 Å². The molecule has 2 nitrogen and oxygen atoms in total. The third-order valence-electron chi connectivity index (χ3n) is 2.93. The van der Waals surface area contributed by atoms with Crippen LogP contribution in [-0.2, 0) is 4.79 Å². The lowest BCUT2D eigenvalue weighted by Gasteiger charge is -2.35. The molecular formula is C11H24NO+. The van der Waals surface area contributed by atoms with Crippen LogP contribution >= 0.6 is 0 Å². The normalized spacial score (nSPS) is 16.8. The lowest BCUT2D eigenvalue weighted by Crippen LogP contribution is -2.49. The highest BCUT2D eigenvalue weighted by Crippen LogP contribution is 2.19. The summed E-state index contributed by atoms with van der Waals surface area (Å²) < 4.78 is 0.865. The van der Waals surface area contributed by atoms with Gasteiger partial charge < -0.3 is 4.48 Å². The summed E-state index contributed by atoms with van der Waals surface area (Å²) in [6.45, 7) is 6.02. The maximum absolute atomic E-state index is 11.4. The second kappa shape index (κ2) is 4.75. The van der Waals surface area contributed by atoms with E-state index in [4.69, 9.17) is 0 Å². The lowest BCUT2D eigenvalue weighted by atomic mass is 9.90. The molecule has 78 valence electrons. The Morgan fingerprint density at radius 2 is 1.77 bits per heavy atom. The van der Waals surface area contributed by atoms with Crippen LogP contribution in [-0.4, -0.2) is 37.5 Å². The number of ketones is 1. The number of nitrogens with zero attached hydrogens (tertiary/aromatic N) is 1. The lowest BCUT2D eigenvalue weighted by molar-refractivity contribution is -0.896. The Bertz CT molecular complexity index is 169. The van der Waals surface area contributed by atoms with Crippen LogP contribution in [0.2, 0.25) is 0 Å². The summed E-state index contributed by atoms with van der Waals surface area (Å²) in [5, 5.41) is 0. The minimum atomic E-state index is 0.227. The Balaban J connectivity index is 4.46. The fourth-order valence-electron chi connectivity index (χ4n) is 1.63. The molecule has 0 aliphatic carbocycles. The fourth-order valence-corrected chi connectivity index (χ4v) is 1.63. The van der Waals surface area contributed by atoms with Crippen molar-refractivity contribution in [1.29, 1.82) is 0 Å². The molecule has 0 amide bonds. The highest BCUT2D eigenvalue weighted by Gasteiger charge is 2.30. The molecule has 13 heavy (non-hydrogen) atoms. The van der Waals surface area contributed by atoms with Crippen LogP contribution in [0.15, 0.2) is 0 Å². The van der Waals surface area contributed by atoms with Crippen molar-refractivity contribution >= 4 is 5.78 Å². The summed E-state index contributed by atoms with van der Waals surface area (Å²) in [6.07, 6.45) is 2.11. The van der Waals surface area contributed by atoms with E-state index in [1.807, 2.05) is 0 Å². The molecule has 0 N–H and O–H groups in total. The van der Waals surface area contributed by atoms with Crippen molar-refractivity contribution < 1.29 is 9.28 Å². The highest BCUT2D eigenvalue weighted by atomic mass is 16.1. The van der Waals surface area contributed by atoms with Crippen LogP contribution in [0.4, 0.5) is 0 Å². The molecule has 0 radical (unpaired) electrons. The van der Waals surface area contributed by atoms with E-state index >= 15 is 0 Å². The first kappa shape index (κ1) is 12.6. The van der Waals surface area contributed by atoms with Crippen molar-refractivity contribution in [1.82, 2.24) is 0 Å². The van der Waals surface area contributed by atoms with Crippen LogP contribution in [0.1, 0.15) is 33.6 Å². The minimum absolute atomic E-state index is 0.227. The number of rotatable bonds is 5. The predicted molar refractivity (Wildman–Crippen MR) is 56.6 cm³/mol. The van der Waals surface area contributed by atoms with E-state index in [1.54, 1.807) is 6.92 Å². The van der Waals surface area contributed by atoms with Gasteiger partial charge in [0.15, 0.2) is 0 Å². The van der Waals surface area contributed by atoms with E-state index in [0.29, 0.717) is 11.8 Å². The Labute approximate surface area is 82.5 Å². The number of carbonyl (C=O) groups excluding carboxylic acids is 1. The van der Waals surface area contributed by atoms with Gasteiger partial charge in [-0.05, 0) is 20.3 Å². The highest BCUT2D eigenvalue weighted by molar-refractivity contribution is 5.78. The van der Waals surface area contributed by atoms with Gasteiger partial charge in [0.1, 0.15) is 5.78 Å². The third-order valence-corrected chi connectivity index (χ3v) is 2.93. The standard InChI is InChI=1S/C11H24NO/c1-7-8-11(10(3)13)9(2)12(4,5)6/h9,11H,7-8H2,1-6H3/q+1. The maximum Gasteiger partial charge on any atom is 0.138 e. The average Bonchev–Trinajstić information content (AvgIpc) is 1.96. The van der Waals surface area contributed by atoms with Crippen LogP contribution < -0.4 is 0 Å². The van der Waals surface area contributed by atoms with Gasteiger partial charge in [0, 0.05) is 0 Å². The van der Waals surface area contributed by atoms with Gasteiger partial charge in [-0.2, -0.15) is 0 Å². The molecule has 0 fully saturated rings. The van der Waals surface area contributed by atoms with E-state index in [-0.39, 0.29) is 5.92 Å². The molecule has 0 saturated carbocycles. The quantitative estimate of drug-likeness (QED) is 0.601. The smallest absolute Gasteiger partial charge is 0.138 e. The molecule has 0 rings (SSSR count). The zero-order valence-corrected chi connectivity index (χ0v) is 9.92. The van der Waals surface area contributed by atoms with Crippen molar-refractivity contribution in [3.8, 4) is 0 Å². The summed E-state index contributed by atoms with van der Waals surface area (Å²) in [4.78, 5) is 11.4. The Hall–Kier alpha value is -0.370. The molecule has 0 aliphatic heterocycles. The molecular weight excluding hydrogens is 162 g/mol. The summed E-state index contributed by atoms with van der Waals surface area (Å²) in [7, 11) is 6.45. The second-order valence-electron chi connectivity index (χ2n) is 4.86. The van der Waals surface area contributed by atoms with Crippen LogP contribution in [0, 0.1) is 5.92 Å². The molecule has 0 saturated heterocycles. The Morgan fingerprint density at radius 1 is 1.31 bits per heavy atom. The van der Waals surface area contributed by atoms with Crippen molar-refractivity contribution in [3.63, 3.8) is 0 Å². The van der Waals surface area contributed by atoms with Gasteiger partial charge >= 0.3 is 0 Å². The molecule has 2 unspecified atom stereocenters. The summed E-state index contributed by atoms with van der Waals surface area (Å²) in [5.74, 6) is 0.562. The Kier molecular flexibility index (Phi) is 4.62. The first-order valence-corrected chi connectivity index (χ1v) is 5.12. The van der Waals surface area contributed by atoms with Gasteiger partial charge in [0.05, 0.1) is 33.1 Å². The number of carbonyl (C=O) groups is 1. The van der Waals surface area contributed by atoms with Crippen molar-refractivity contribution in [2.24, 2.45) is 5.92 Å². The first-order valence-electron chi connectivity index (χ1n) is 5.12. The fraction of sp³-hybridized carbons (Fsp3) is 0.909. The monoisotopic (exact) mass is 186 g/mol. The zero-order valence-electron chi connectivity index (χ0n) is 9.92. The minimum Gasteiger partial charge on any atom is -0.328 e. The third kappa shape index (κ3) is 3.90. The van der Waals surface area contributed by atoms with Gasteiger partial charge in [-0.3, -0.25) is 4.79 Å². The molecule has 0 aliphatic rings. The molecule has 2 atom stereocenters. The number of quaternary nitrogens is 1. The molecule has 0 heterocycles. The average molecular weight is 186 g/mol. The van der Waals surface area contributed by atoms with Gasteiger partial charge in [0.25, 0.3) is 0 Å². The van der Waals surface area contributed by atoms with Gasteiger partial charge in [0.2, 0.25) is 0 Å². The number of hydrogen-bond acceptors (Lipinski definition) is 1. The summed E-state index contributed by atoms with van der Waals surface area (Å²) in [6, 6.07) is 0.414. The Morgan fingerprint density at radius 3 is 2.00 bits per heavy atom. The topological polar surface area (TPSA) is 17.1 Å².